The molecule has 1 atom stereocenters. The quantitative estimate of drug-likeness (QED) is 0.745. The number of amides is 1. The SMILES string of the molecule is CNCC(C)C(=O)NCCCc1nc2ccccc2n1C.Cl.Cl. The lowest BCUT2D eigenvalue weighted by Gasteiger charge is -2.11. The first-order valence-corrected chi connectivity index (χ1v) is 7.46. The van der Waals surface area contributed by atoms with Gasteiger partial charge in [0.05, 0.1) is 11.0 Å². The second-order valence-electron chi connectivity index (χ2n) is 5.43. The number of nitrogens with zero attached hydrogens (tertiary/aromatic N) is 2. The first-order valence-electron chi connectivity index (χ1n) is 7.46. The molecule has 1 aromatic carbocycles. The van der Waals surface area contributed by atoms with Gasteiger partial charge in [-0.3, -0.25) is 4.79 Å². The predicted octanol–water partition coefficient (Wildman–Crippen LogP) is 2.32. The van der Waals surface area contributed by atoms with Gasteiger partial charge in [-0.15, -0.1) is 24.8 Å². The fourth-order valence-electron chi connectivity index (χ4n) is 2.45. The van der Waals surface area contributed by atoms with Crippen molar-refractivity contribution in [3.05, 3.63) is 30.1 Å². The highest BCUT2D eigenvalue weighted by Gasteiger charge is 2.11. The summed E-state index contributed by atoms with van der Waals surface area (Å²) in [7, 11) is 3.90. The van der Waals surface area contributed by atoms with Gasteiger partial charge in [0.15, 0.2) is 0 Å². The third-order valence-corrected chi connectivity index (χ3v) is 3.71. The van der Waals surface area contributed by atoms with Crippen molar-refractivity contribution < 1.29 is 4.79 Å². The number of rotatable bonds is 7. The molecule has 0 radical (unpaired) electrons. The average Bonchev–Trinajstić information content (AvgIpc) is 2.80. The monoisotopic (exact) mass is 360 g/mol. The number of benzene rings is 1. The number of para-hydroxylation sites is 2. The smallest absolute Gasteiger partial charge is 0.224 e. The first-order chi connectivity index (χ1) is 10.1. The summed E-state index contributed by atoms with van der Waals surface area (Å²) in [6.07, 6.45) is 1.76. The Bertz CT molecular complexity index is 615. The molecule has 0 aliphatic carbocycles. The van der Waals surface area contributed by atoms with Crippen LogP contribution < -0.4 is 10.6 Å². The molecule has 23 heavy (non-hydrogen) atoms. The minimum Gasteiger partial charge on any atom is -0.356 e. The van der Waals surface area contributed by atoms with E-state index in [9.17, 15) is 4.79 Å². The van der Waals surface area contributed by atoms with Crippen LogP contribution in [0.4, 0.5) is 0 Å². The zero-order valence-electron chi connectivity index (χ0n) is 13.8. The van der Waals surface area contributed by atoms with Crippen LogP contribution in [0.5, 0.6) is 0 Å². The molecule has 0 spiro atoms. The molecule has 2 rings (SSSR count). The first kappa shape index (κ1) is 21.7. The molecule has 1 unspecified atom stereocenters. The molecule has 1 amide bonds. The van der Waals surface area contributed by atoms with Gasteiger partial charge in [0.2, 0.25) is 5.91 Å². The molecular weight excluding hydrogens is 335 g/mol. The van der Waals surface area contributed by atoms with Gasteiger partial charge in [-0.25, -0.2) is 4.98 Å². The number of aromatic nitrogens is 2. The minimum atomic E-state index is 0. The normalized spacial score (nSPS) is 11.4. The zero-order chi connectivity index (χ0) is 15.2. The van der Waals surface area contributed by atoms with Crippen LogP contribution in [0.3, 0.4) is 0 Å². The number of hydrogen-bond acceptors (Lipinski definition) is 3. The molecule has 0 aliphatic heterocycles. The van der Waals surface area contributed by atoms with Gasteiger partial charge in [-0.1, -0.05) is 19.1 Å². The van der Waals surface area contributed by atoms with Crippen LogP contribution in [-0.4, -0.2) is 35.6 Å². The van der Waals surface area contributed by atoms with E-state index in [0.29, 0.717) is 13.1 Å². The molecule has 0 bridgehead atoms. The van der Waals surface area contributed by atoms with Crippen LogP contribution in [-0.2, 0) is 18.3 Å². The van der Waals surface area contributed by atoms with E-state index in [4.69, 9.17) is 0 Å². The molecule has 1 heterocycles. The van der Waals surface area contributed by atoms with Crippen LogP contribution in [0, 0.1) is 5.92 Å². The molecule has 130 valence electrons. The number of carbonyl (C=O) groups excluding carboxylic acids is 1. The van der Waals surface area contributed by atoms with E-state index in [-0.39, 0.29) is 36.6 Å². The summed E-state index contributed by atoms with van der Waals surface area (Å²) in [5.41, 5.74) is 2.18. The number of hydrogen-bond donors (Lipinski definition) is 2. The summed E-state index contributed by atoms with van der Waals surface area (Å²) >= 11 is 0. The highest BCUT2D eigenvalue weighted by atomic mass is 35.5. The number of halogens is 2. The van der Waals surface area contributed by atoms with E-state index in [2.05, 4.69) is 26.3 Å². The van der Waals surface area contributed by atoms with Crippen LogP contribution >= 0.6 is 24.8 Å². The van der Waals surface area contributed by atoms with Gasteiger partial charge in [-0.2, -0.15) is 0 Å². The van der Waals surface area contributed by atoms with Gasteiger partial charge in [0.25, 0.3) is 0 Å². The Morgan fingerprint density at radius 3 is 2.65 bits per heavy atom. The van der Waals surface area contributed by atoms with Crippen LogP contribution in [0.2, 0.25) is 0 Å². The van der Waals surface area contributed by atoms with E-state index in [0.717, 1.165) is 29.7 Å². The topological polar surface area (TPSA) is 59.0 Å². The highest BCUT2D eigenvalue weighted by Crippen LogP contribution is 2.14. The number of carbonyl (C=O) groups is 1. The fourth-order valence-corrected chi connectivity index (χ4v) is 2.45. The molecular formula is C16H26Cl2N4O. The number of imidazole rings is 1. The van der Waals surface area contributed by atoms with Gasteiger partial charge >= 0.3 is 0 Å². The largest absolute Gasteiger partial charge is 0.356 e. The lowest BCUT2D eigenvalue weighted by molar-refractivity contribution is -0.124. The van der Waals surface area contributed by atoms with Gasteiger partial charge in [0, 0.05) is 32.5 Å². The molecule has 0 saturated heterocycles. The zero-order valence-corrected chi connectivity index (χ0v) is 15.5. The molecule has 5 nitrogen and oxygen atoms in total. The third kappa shape index (κ3) is 5.68. The average molecular weight is 361 g/mol. The molecule has 7 heteroatoms. The fraction of sp³-hybridized carbons (Fsp3) is 0.500. The maximum atomic E-state index is 11.8. The van der Waals surface area contributed by atoms with Crippen molar-refractivity contribution in [2.75, 3.05) is 20.1 Å². The van der Waals surface area contributed by atoms with Crippen molar-refractivity contribution in [2.24, 2.45) is 13.0 Å². The summed E-state index contributed by atoms with van der Waals surface area (Å²) in [6.45, 7) is 3.32. The van der Waals surface area contributed by atoms with Crippen LogP contribution in [0.15, 0.2) is 24.3 Å². The summed E-state index contributed by atoms with van der Waals surface area (Å²) in [4.78, 5) is 16.4. The molecule has 1 aromatic heterocycles. The second kappa shape index (κ2) is 10.5. The Morgan fingerprint density at radius 1 is 1.30 bits per heavy atom. The summed E-state index contributed by atoms with van der Waals surface area (Å²) < 4.78 is 2.13. The summed E-state index contributed by atoms with van der Waals surface area (Å²) in [6, 6.07) is 8.13. The molecule has 2 N–H and O–H groups in total. The van der Waals surface area contributed by atoms with Crippen molar-refractivity contribution in [2.45, 2.75) is 19.8 Å². The van der Waals surface area contributed by atoms with Gasteiger partial charge < -0.3 is 15.2 Å². The molecule has 2 aromatic rings. The standard InChI is InChI=1S/C16H24N4O.2ClH/c1-12(11-17-2)16(21)18-10-6-9-15-19-13-7-4-5-8-14(13)20(15)3;;/h4-5,7-8,12,17H,6,9-11H2,1-3H3,(H,18,21);2*1H. The number of fused-ring (bicyclic) bond motifs is 1. The highest BCUT2D eigenvalue weighted by molar-refractivity contribution is 5.85. The molecule has 0 fully saturated rings. The Kier molecular flexibility index (Phi) is 9.88. The van der Waals surface area contributed by atoms with Crippen molar-refractivity contribution in [1.82, 2.24) is 20.2 Å². The summed E-state index contributed by atoms with van der Waals surface area (Å²) in [5, 5.41) is 5.99. The van der Waals surface area contributed by atoms with Crippen molar-refractivity contribution in [3.63, 3.8) is 0 Å². The lowest BCUT2D eigenvalue weighted by atomic mass is 10.1. The Morgan fingerprint density at radius 2 is 2.00 bits per heavy atom. The van der Waals surface area contributed by atoms with Crippen molar-refractivity contribution in [3.8, 4) is 0 Å². The second-order valence-corrected chi connectivity index (χ2v) is 5.43. The van der Waals surface area contributed by atoms with E-state index in [1.807, 2.05) is 39.2 Å². The molecule has 0 saturated carbocycles. The summed E-state index contributed by atoms with van der Waals surface area (Å²) in [5.74, 6) is 1.17. The number of nitrogens with one attached hydrogen (secondary N) is 2. The maximum Gasteiger partial charge on any atom is 0.224 e. The molecule has 0 aliphatic rings. The Hall–Kier alpha value is -1.30. The third-order valence-electron chi connectivity index (χ3n) is 3.71. The van der Waals surface area contributed by atoms with E-state index in [1.165, 1.54) is 0 Å². The van der Waals surface area contributed by atoms with E-state index < -0.39 is 0 Å². The Balaban J connectivity index is 0.00000242. The van der Waals surface area contributed by atoms with Crippen LogP contribution in [0.1, 0.15) is 19.2 Å². The maximum absolute atomic E-state index is 11.8. The van der Waals surface area contributed by atoms with Gasteiger partial charge in [-0.05, 0) is 25.6 Å². The van der Waals surface area contributed by atoms with Crippen molar-refractivity contribution >= 4 is 41.8 Å². The Labute approximate surface area is 150 Å². The van der Waals surface area contributed by atoms with E-state index in [1.54, 1.807) is 0 Å². The number of aryl methyl sites for hydroxylation is 2. The van der Waals surface area contributed by atoms with Gasteiger partial charge in [0.1, 0.15) is 5.82 Å². The van der Waals surface area contributed by atoms with Crippen molar-refractivity contribution in [1.29, 1.82) is 0 Å². The predicted molar refractivity (Wildman–Crippen MR) is 99.6 cm³/mol. The van der Waals surface area contributed by atoms with Crippen LogP contribution in [0.25, 0.3) is 11.0 Å². The lowest BCUT2D eigenvalue weighted by Crippen LogP contribution is -2.34. The minimum absolute atomic E-state index is 0. The van der Waals surface area contributed by atoms with E-state index >= 15 is 0 Å².